The van der Waals surface area contributed by atoms with Crippen molar-refractivity contribution in [1.29, 1.82) is 0 Å². The average molecular weight is 461 g/mol. The van der Waals surface area contributed by atoms with Crippen molar-refractivity contribution < 1.29 is 32.2 Å². The van der Waals surface area contributed by atoms with Crippen LogP contribution in [-0.2, 0) is 26.0 Å². The van der Waals surface area contributed by atoms with Gasteiger partial charge in [-0.3, -0.25) is 20.4 Å². The molecule has 4 rings (SSSR count). The predicted molar refractivity (Wildman–Crippen MR) is 113 cm³/mol. The van der Waals surface area contributed by atoms with Crippen LogP contribution in [0.15, 0.2) is 47.4 Å². The van der Waals surface area contributed by atoms with Crippen LogP contribution in [0.5, 0.6) is 11.5 Å². The van der Waals surface area contributed by atoms with Crippen LogP contribution in [0.3, 0.4) is 0 Å². The number of carbonyl (C=O) groups excluding carboxylic acids is 2. The summed E-state index contributed by atoms with van der Waals surface area (Å²) < 4.78 is 43.0. The number of carbonyl (C=O) groups is 2. The van der Waals surface area contributed by atoms with Gasteiger partial charge < -0.3 is 14.2 Å². The molecular weight excluding hydrogens is 438 g/mol. The number of hydrazine groups is 1. The van der Waals surface area contributed by atoms with Crippen LogP contribution >= 0.6 is 0 Å². The maximum Gasteiger partial charge on any atom is 0.269 e. The second kappa shape index (κ2) is 9.55. The van der Waals surface area contributed by atoms with Crippen molar-refractivity contribution in [3.05, 3.63) is 53.6 Å². The van der Waals surface area contributed by atoms with E-state index in [1.807, 2.05) is 0 Å². The van der Waals surface area contributed by atoms with E-state index in [4.69, 9.17) is 14.2 Å². The Morgan fingerprint density at radius 3 is 2.44 bits per heavy atom. The lowest BCUT2D eigenvalue weighted by Gasteiger charge is -2.26. The largest absolute Gasteiger partial charge is 0.486 e. The van der Waals surface area contributed by atoms with Gasteiger partial charge in [0.25, 0.3) is 5.91 Å². The molecule has 0 atom stereocenters. The number of morpholine rings is 1. The lowest BCUT2D eigenvalue weighted by atomic mass is 10.1. The Morgan fingerprint density at radius 1 is 0.906 bits per heavy atom. The Hall–Kier alpha value is -3.15. The molecule has 0 spiro atoms. The van der Waals surface area contributed by atoms with Crippen molar-refractivity contribution in [2.45, 2.75) is 11.3 Å². The minimum absolute atomic E-state index is 0.00894. The molecule has 0 aromatic heterocycles. The van der Waals surface area contributed by atoms with Crippen molar-refractivity contribution in [2.24, 2.45) is 0 Å². The molecule has 11 heteroatoms. The van der Waals surface area contributed by atoms with E-state index in [2.05, 4.69) is 10.9 Å². The number of hydrogen-bond acceptors (Lipinski definition) is 7. The van der Waals surface area contributed by atoms with E-state index >= 15 is 0 Å². The molecule has 2 aliphatic rings. The summed E-state index contributed by atoms with van der Waals surface area (Å²) in [5, 5.41) is 0. The van der Waals surface area contributed by atoms with Gasteiger partial charge >= 0.3 is 0 Å². The van der Waals surface area contributed by atoms with Crippen LogP contribution in [0.4, 0.5) is 0 Å². The zero-order chi connectivity index (χ0) is 22.6. The van der Waals surface area contributed by atoms with E-state index in [1.54, 1.807) is 18.2 Å². The molecule has 2 amide bonds. The number of rotatable bonds is 5. The minimum atomic E-state index is -3.73. The molecule has 2 N–H and O–H groups in total. The van der Waals surface area contributed by atoms with Crippen molar-refractivity contribution in [3.8, 4) is 11.5 Å². The molecule has 1 saturated heterocycles. The van der Waals surface area contributed by atoms with Gasteiger partial charge in [-0.15, -0.1) is 0 Å². The number of benzene rings is 2. The highest BCUT2D eigenvalue weighted by molar-refractivity contribution is 7.89. The Bertz CT molecular complexity index is 1110. The van der Waals surface area contributed by atoms with Crippen LogP contribution in [0.25, 0.3) is 0 Å². The molecule has 1 fully saturated rings. The second-order valence-corrected chi connectivity index (χ2v) is 9.14. The van der Waals surface area contributed by atoms with Crippen LogP contribution in [0.1, 0.15) is 15.9 Å². The number of hydrogen-bond donors (Lipinski definition) is 2. The molecule has 32 heavy (non-hydrogen) atoms. The molecule has 0 unspecified atom stereocenters. The smallest absolute Gasteiger partial charge is 0.269 e. The normalized spacial score (nSPS) is 16.2. The molecule has 10 nitrogen and oxygen atoms in total. The molecule has 0 radical (unpaired) electrons. The highest BCUT2D eigenvalue weighted by Crippen LogP contribution is 2.30. The van der Waals surface area contributed by atoms with Crippen LogP contribution < -0.4 is 20.3 Å². The van der Waals surface area contributed by atoms with Gasteiger partial charge in [-0.2, -0.15) is 4.31 Å². The maximum absolute atomic E-state index is 12.8. The van der Waals surface area contributed by atoms with Gasteiger partial charge in [-0.1, -0.05) is 12.1 Å². The zero-order valence-electron chi connectivity index (χ0n) is 17.2. The van der Waals surface area contributed by atoms with E-state index in [1.165, 1.54) is 28.6 Å². The number of nitrogens with zero attached hydrogens (tertiary/aromatic N) is 1. The molecule has 2 heterocycles. The van der Waals surface area contributed by atoms with Gasteiger partial charge in [-0.05, 0) is 35.9 Å². The summed E-state index contributed by atoms with van der Waals surface area (Å²) in [5.74, 6) is 0.135. The molecule has 0 bridgehead atoms. The van der Waals surface area contributed by atoms with E-state index in [0.29, 0.717) is 43.5 Å². The summed E-state index contributed by atoms with van der Waals surface area (Å²) in [6.07, 6.45) is 0.0162. The highest BCUT2D eigenvalue weighted by Gasteiger charge is 2.27. The fourth-order valence-corrected chi connectivity index (χ4v) is 4.81. The third kappa shape index (κ3) is 5.01. The zero-order valence-corrected chi connectivity index (χ0v) is 18.0. The molecule has 0 aliphatic carbocycles. The summed E-state index contributed by atoms with van der Waals surface area (Å²) >= 11 is 0. The minimum Gasteiger partial charge on any atom is -0.486 e. The first kappa shape index (κ1) is 22.1. The second-order valence-electron chi connectivity index (χ2n) is 7.20. The molecule has 0 saturated carbocycles. The number of fused-ring (bicyclic) bond motifs is 1. The lowest BCUT2D eigenvalue weighted by Crippen LogP contribution is -2.42. The summed E-state index contributed by atoms with van der Waals surface area (Å²) in [7, 11) is -3.73. The number of sulfonamides is 1. The SMILES string of the molecule is O=C(Cc1ccc2c(c1)OCCO2)NNC(=O)c1cccc(S(=O)(=O)N2CCOCC2)c1. The van der Waals surface area contributed by atoms with E-state index in [9.17, 15) is 18.0 Å². The first-order valence-corrected chi connectivity index (χ1v) is 11.5. The Kier molecular flexibility index (Phi) is 6.58. The van der Waals surface area contributed by atoms with Crippen molar-refractivity contribution in [2.75, 3.05) is 39.5 Å². The topological polar surface area (TPSA) is 123 Å². The number of nitrogens with one attached hydrogen (secondary N) is 2. The van der Waals surface area contributed by atoms with Gasteiger partial charge in [0, 0.05) is 18.7 Å². The maximum atomic E-state index is 12.8. The van der Waals surface area contributed by atoms with Crippen molar-refractivity contribution in [1.82, 2.24) is 15.2 Å². The predicted octanol–water partition coefficient (Wildman–Crippen LogP) is 0.482. The molecule has 170 valence electrons. The Morgan fingerprint density at radius 2 is 1.66 bits per heavy atom. The summed E-state index contributed by atoms with van der Waals surface area (Å²) in [6, 6.07) is 10.9. The van der Waals surface area contributed by atoms with Gasteiger partial charge in [0.05, 0.1) is 24.5 Å². The van der Waals surface area contributed by atoms with E-state index < -0.39 is 21.8 Å². The Labute approximate surface area is 185 Å². The van der Waals surface area contributed by atoms with Gasteiger partial charge in [-0.25, -0.2) is 8.42 Å². The molecule has 2 aromatic carbocycles. The van der Waals surface area contributed by atoms with Crippen LogP contribution in [0, 0.1) is 0 Å². The van der Waals surface area contributed by atoms with E-state index in [0.717, 1.165) is 0 Å². The fourth-order valence-electron chi connectivity index (χ4n) is 3.36. The third-order valence-electron chi connectivity index (χ3n) is 4.99. The quantitative estimate of drug-likeness (QED) is 0.621. The van der Waals surface area contributed by atoms with E-state index in [-0.39, 0.29) is 30.0 Å². The molecule has 2 aromatic rings. The first-order valence-electron chi connectivity index (χ1n) is 10.1. The number of ether oxygens (including phenoxy) is 3. The van der Waals surface area contributed by atoms with Crippen molar-refractivity contribution in [3.63, 3.8) is 0 Å². The van der Waals surface area contributed by atoms with Crippen LogP contribution in [-0.4, -0.2) is 64.1 Å². The van der Waals surface area contributed by atoms with Crippen LogP contribution in [0.2, 0.25) is 0 Å². The molecular formula is C21H23N3O7S. The monoisotopic (exact) mass is 461 g/mol. The van der Waals surface area contributed by atoms with Crippen molar-refractivity contribution >= 4 is 21.8 Å². The summed E-state index contributed by atoms with van der Waals surface area (Å²) in [4.78, 5) is 24.7. The summed E-state index contributed by atoms with van der Waals surface area (Å²) in [6.45, 7) is 2.10. The van der Waals surface area contributed by atoms with Gasteiger partial charge in [0.1, 0.15) is 13.2 Å². The standard InChI is InChI=1S/C21H23N3O7S/c25-20(13-15-4-5-18-19(12-15)31-11-10-30-18)22-23-21(26)16-2-1-3-17(14-16)32(27,28)24-6-8-29-9-7-24/h1-5,12,14H,6-11,13H2,(H,22,25)(H,23,26). The summed E-state index contributed by atoms with van der Waals surface area (Å²) in [5.41, 5.74) is 5.46. The fraction of sp³-hybridized carbons (Fsp3) is 0.333. The molecule has 2 aliphatic heterocycles. The number of amides is 2. The Balaban J connectivity index is 1.36. The highest BCUT2D eigenvalue weighted by atomic mass is 32.2. The van der Waals surface area contributed by atoms with Gasteiger partial charge in [0.2, 0.25) is 15.9 Å². The first-order chi connectivity index (χ1) is 15.4. The lowest BCUT2D eigenvalue weighted by molar-refractivity contribution is -0.121. The third-order valence-corrected chi connectivity index (χ3v) is 6.89. The van der Waals surface area contributed by atoms with Gasteiger partial charge in [0.15, 0.2) is 11.5 Å². The average Bonchev–Trinajstić information content (AvgIpc) is 2.83.